The molecular weight excluding hydrogens is 223 g/mol. The first kappa shape index (κ1) is 11.8. The van der Waals surface area contributed by atoms with E-state index in [2.05, 4.69) is 0 Å². The lowest BCUT2D eigenvalue weighted by molar-refractivity contribution is 0.0165. The van der Waals surface area contributed by atoms with Gasteiger partial charge in [0.2, 0.25) is 0 Å². The lowest BCUT2D eigenvalue weighted by Gasteiger charge is -2.16. The molecule has 2 atom stereocenters. The molecule has 2 nitrogen and oxygen atoms in total. The van der Waals surface area contributed by atoms with E-state index >= 15 is 0 Å². The Morgan fingerprint density at radius 2 is 1.86 bits per heavy atom. The summed E-state index contributed by atoms with van der Waals surface area (Å²) in [6.45, 7) is 1.80. The van der Waals surface area contributed by atoms with Crippen LogP contribution in [0.5, 0.6) is 0 Å². The fraction of sp³-hybridized carbons (Fsp3) is 0.400. The predicted octanol–water partition coefficient (Wildman–Crippen LogP) is 2.80. The van der Waals surface area contributed by atoms with Crippen molar-refractivity contribution in [1.29, 1.82) is 0 Å². The van der Waals surface area contributed by atoms with Gasteiger partial charge in [0.25, 0.3) is 0 Å². The first-order valence-corrected chi connectivity index (χ1v) is 5.13. The Balaban J connectivity index is 2.91. The van der Waals surface area contributed by atoms with Crippen LogP contribution in [0, 0.1) is 0 Å². The summed E-state index contributed by atoms with van der Waals surface area (Å²) >= 11 is 11.5. The van der Waals surface area contributed by atoms with Gasteiger partial charge in [0.1, 0.15) is 6.10 Å². The van der Waals surface area contributed by atoms with Gasteiger partial charge in [-0.25, -0.2) is 0 Å². The summed E-state index contributed by atoms with van der Waals surface area (Å²) in [7, 11) is 0. The highest BCUT2D eigenvalue weighted by atomic mass is 35.5. The van der Waals surface area contributed by atoms with E-state index in [1.807, 2.05) is 0 Å². The van der Waals surface area contributed by atoms with Crippen molar-refractivity contribution in [3.63, 3.8) is 0 Å². The van der Waals surface area contributed by atoms with Crippen molar-refractivity contribution in [2.24, 2.45) is 0 Å². The summed E-state index contributed by atoms with van der Waals surface area (Å²) in [5.74, 6) is 0. The quantitative estimate of drug-likeness (QED) is 0.845. The van der Waals surface area contributed by atoms with Crippen molar-refractivity contribution in [1.82, 2.24) is 0 Å². The molecule has 4 heteroatoms. The van der Waals surface area contributed by atoms with E-state index in [0.717, 1.165) is 0 Å². The Kier molecular flexibility index (Phi) is 4.20. The highest BCUT2D eigenvalue weighted by molar-refractivity contribution is 6.42. The Hall–Kier alpha value is -0.280. The summed E-state index contributed by atoms with van der Waals surface area (Å²) < 4.78 is 0. The minimum Gasteiger partial charge on any atom is -0.390 e. The number of rotatable bonds is 3. The minimum absolute atomic E-state index is 0.381. The van der Waals surface area contributed by atoms with Crippen LogP contribution >= 0.6 is 23.2 Å². The van der Waals surface area contributed by atoms with Crippen LogP contribution in [0.4, 0.5) is 0 Å². The number of halogens is 2. The molecule has 0 bridgehead atoms. The van der Waals surface area contributed by atoms with Gasteiger partial charge in [0.05, 0.1) is 16.1 Å². The summed E-state index contributed by atoms with van der Waals surface area (Å²) in [5.41, 5.74) is 0.578. The molecule has 0 saturated carbocycles. The second-order valence-corrected chi connectivity index (χ2v) is 3.91. The molecule has 0 aliphatic heterocycles. The fourth-order valence-electron chi connectivity index (χ4n) is 1.14. The minimum atomic E-state index is -0.908. The van der Waals surface area contributed by atoms with E-state index in [1.165, 1.54) is 0 Å². The van der Waals surface area contributed by atoms with Gasteiger partial charge in [-0.2, -0.15) is 0 Å². The molecule has 78 valence electrons. The van der Waals surface area contributed by atoms with Crippen LogP contribution in [0.15, 0.2) is 18.2 Å². The van der Waals surface area contributed by atoms with Gasteiger partial charge in [-0.05, 0) is 24.1 Å². The van der Waals surface area contributed by atoms with Gasteiger partial charge in [-0.15, -0.1) is 0 Å². The molecule has 0 heterocycles. The van der Waals surface area contributed by atoms with Crippen LogP contribution < -0.4 is 0 Å². The average molecular weight is 235 g/mol. The average Bonchev–Trinajstić information content (AvgIpc) is 2.20. The topological polar surface area (TPSA) is 40.5 Å². The highest BCUT2D eigenvalue weighted by Gasteiger charge is 2.16. The standard InChI is InChI=1S/C10H12Cl2O2/c1-2-9(13)10(14)6-3-4-7(11)8(12)5-6/h3-5,9-10,13-14H,2H2,1H3/t9-,10?/m1/s1. The molecule has 1 rings (SSSR count). The largest absolute Gasteiger partial charge is 0.390 e. The van der Waals surface area contributed by atoms with Gasteiger partial charge in [-0.1, -0.05) is 36.2 Å². The Bertz CT molecular complexity index is 315. The van der Waals surface area contributed by atoms with Crippen molar-refractivity contribution in [2.45, 2.75) is 25.6 Å². The fourth-order valence-corrected chi connectivity index (χ4v) is 1.45. The van der Waals surface area contributed by atoms with Gasteiger partial charge in [0.15, 0.2) is 0 Å². The lowest BCUT2D eigenvalue weighted by Crippen LogP contribution is -2.16. The lowest BCUT2D eigenvalue weighted by atomic mass is 10.0. The van der Waals surface area contributed by atoms with Crippen molar-refractivity contribution in [2.75, 3.05) is 0 Å². The number of benzene rings is 1. The maximum Gasteiger partial charge on any atom is 0.105 e. The van der Waals surface area contributed by atoms with E-state index in [0.29, 0.717) is 22.0 Å². The maximum absolute atomic E-state index is 9.65. The highest BCUT2D eigenvalue weighted by Crippen LogP contribution is 2.27. The van der Waals surface area contributed by atoms with Gasteiger partial charge < -0.3 is 10.2 Å². The summed E-state index contributed by atoms with van der Waals surface area (Å²) in [4.78, 5) is 0. The monoisotopic (exact) mass is 234 g/mol. The molecule has 1 aromatic carbocycles. The number of hydrogen-bond donors (Lipinski definition) is 2. The summed E-state index contributed by atoms with van der Waals surface area (Å²) in [5, 5.41) is 19.9. The Morgan fingerprint density at radius 1 is 1.21 bits per heavy atom. The van der Waals surface area contributed by atoms with E-state index in [4.69, 9.17) is 23.2 Å². The SMILES string of the molecule is CC[C@@H](O)C(O)c1ccc(Cl)c(Cl)c1. The first-order valence-electron chi connectivity index (χ1n) is 4.37. The maximum atomic E-state index is 9.65. The van der Waals surface area contributed by atoms with Crippen LogP contribution in [-0.2, 0) is 0 Å². The number of aliphatic hydroxyl groups is 2. The number of aliphatic hydroxyl groups excluding tert-OH is 2. The Labute approximate surface area is 93.1 Å². The van der Waals surface area contributed by atoms with E-state index in [9.17, 15) is 10.2 Å². The number of hydrogen-bond acceptors (Lipinski definition) is 2. The van der Waals surface area contributed by atoms with Crippen molar-refractivity contribution >= 4 is 23.2 Å². The normalized spacial score (nSPS) is 15.2. The molecule has 0 amide bonds. The zero-order valence-corrected chi connectivity index (χ0v) is 9.26. The molecule has 0 fully saturated rings. The predicted molar refractivity (Wildman–Crippen MR) is 57.7 cm³/mol. The van der Waals surface area contributed by atoms with Gasteiger partial charge in [-0.3, -0.25) is 0 Å². The van der Waals surface area contributed by atoms with Gasteiger partial charge in [0, 0.05) is 0 Å². The molecule has 0 spiro atoms. The summed E-state index contributed by atoms with van der Waals surface area (Å²) in [6, 6.07) is 4.82. The van der Waals surface area contributed by atoms with E-state index in [-0.39, 0.29) is 0 Å². The molecular formula is C10H12Cl2O2. The first-order chi connectivity index (χ1) is 6.56. The van der Waals surface area contributed by atoms with Gasteiger partial charge >= 0.3 is 0 Å². The van der Waals surface area contributed by atoms with Crippen LogP contribution in [0.1, 0.15) is 25.0 Å². The molecule has 0 aliphatic rings. The third kappa shape index (κ3) is 2.61. The molecule has 0 saturated heterocycles. The summed E-state index contributed by atoms with van der Waals surface area (Å²) in [6.07, 6.45) is -1.19. The molecule has 0 aromatic heterocycles. The van der Waals surface area contributed by atoms with Crippen molar-refractivity contribution in [3.05, 3.63) is 33.8 Å². The second-order valence-electron chi connectivity index (χ2n) is 3.09. The van der Waals surface area contributed by atoms with Crippen molar-refractivity contribution in [3.8, 4) is 0 Å². The molecule has 2 N–H and O–H groups in total. The van der Waals surface area contributed by atoms with E-state index < -0.39 is 12.2 Å². The van der Waals surface area contributed by atoms with Crippen LogP contribution in [-0.4, -0.2) is 16.3 Å². The molecule has 0 aliphatic carbocycles. The zero-order chi connectivity index (χ0) is 10.7. The smallest absolute Gasteiger partial charge is 0.105 e. The van der Waals surface area contributed by atoms with Crippen LogP contribution in [0.2, 0.25) is 10.0 Å². The molecule has 1 aromatic rings. The molecule has 14 heavy (non-hydrogen) atoms. The Morgan fingerprint density at radius 3 is 2.36 bits per heavy atom. The third-order valence-electron chi connectivity index (χ3n) is 2.07. The van der Waals surface area contributed by atoms with E-state index in [1.54, 1.807) is 25.1 Å². The van der Waals surface area contributed by atoms with Crippen molar-refractivity contribution < 1.29 is 10.2 Å². The second kappa shape index (κ2) is 4.99. The van der Waals surface area contributed by atoms with Crippen LogP contribution in [0.3, 0.4) is 0 Å². The van der Waals surface area contributed by atoms with Crippen LogP contribution in [0.25, 0.3) is 0 Å². The zero-order valence-electron chi connectivity index (χ0n) is 7.74. The molecule has 1 unspecified atom stereocenters. The molecule has 0 radical (unpaired) electrons. The third-order valence-corrected chi connectivity index (χ3v) is 2.81.